The van der Waals surface area contributed by atoms with Crippen LogP contribution in [0.4, 0.5) is 0 Å². The third-order valence-corrected chi connectivity index (χ3v) is 5.59. The summed E-state index contributed by atoms with van der Waals surface area (Å²) in [6, 6.07) is 0.00747. The van der Waals surface area contributed by atoms with E-state index in [0.29, 0.717) is 12.5 Å². The van der Waals surface area contributed by atoms with Crippen LogP contribution in [-0.4, -0.2) is 34.9 Å². The molecule has 0 N–H and O–H groups in total. The van der Waals surface area contributed by atoms with Gasteiger partial charge in [0, 0.05) is 19.6 Å². The van der Waals surface area contributed by atoms with E-state index in [-0.39, 0.29) is 16.2 Å². The number of rotatable bonds is 2. The van der Waals surface area contributed by atoms with Crippen molar-refractivity contribution >= 4 is 21.6 Å². The van der Waals surface area contributed by atoms with Crippen LogP contribution in [0.5, 0.6) is 0 Å². The van der Waals surface area contributed by atoms with Gasteiger partial charge in [-0.25, -0.2) is 13.4 Å². The SMILES string of the molecule is CC1CC(C)N(S(=O)(=O)c2ncn(C)c2Cl)C1. The zero-order valence-electron chi connectivity index (χ0n) is 10.1. The quantitative estimate of drug-likeness (QED) is 0.823. The molecule has 1 aliphatic heterocycles. The minimum Gasteiger partial charge on any atom is -0.324 e. The van der Waals surface area contributed by atoms with Gasteiger partial charge in [-0.2, -0.15) is 4.31 Å². The molecule has 2 atom stereocenters. The third-order valence-electron chi connectivity index (χ3n) is 3.11. The predicted octanol–water partition coefficient (Wildman–Crippen LogP) is 1.49. The van der Waals surface area contributed by atoms with Gasteiger partial charge in [-0.3, -0.25) is 0 Å². The highest BCUT2D eigenvalue weighted by Crippen LogP contribution is 2.30. The van der Waals surface area contributed by atoms with Crippen molar-refractivity contribution in [1.82, 2.24) is 13.9 Å². The maximum atomic E-state index is 12.4. The number of aryl methyl sites for hydroxylation is 1. The Hall–Kier alpha value is -0.590. The molecule has 17 heavy (non-hydrogen) atoms. The summed E-state index contributed by atoms with van der Waals surface area (Å²) in [5.74, 6) is 0.377. The Morgan fingerprint density at radius 3 is 2.53 bits per heavy atom. The van der Waals surface area contributed by atoms with Crippen molar-refractivity contribution in [2.24, 2.45) is 13.0 Å². The van der Waals surface area contributed by atoms with Gasteiger partial charge in [0.25, 0.3) is 10.0 Å². The molecule has 0 spiro atoms. The first kappa shape index (κ1) is 12.9. The molecule has 1 fully saturated rings. The Morgan fingerprint density at radius 1 is 1.47 bits per heavy atom. The Labute approximate surface area is 106 Å². The van der Waals surface area contributed by atoms with Gasteiger partial charge >= 0.3 is 0 Å². The van der Waals surface area contributed by atoms with Gasteiger partial charge in [0.15, 0.2) is 0 Å². The molecule has 5 nitrogen and oxygen atoms in total. The molecule has 0 bridgehead atoms. The van der Waals surface area contributed by atoms with Crippen molar-refractivity contribution in [1.29, 1.82) is 0 Å². The van der Waals surface area contributed by atoms with Gasteiger partial charge < -0.3 is 4.57 Å². The highest BCUT2D eigenvalue weighted by molar-refractivity contribution is 7.89. The standard InChI is InChI=1S/C10H16ClN3O2S/c1-7-4-8(2)14(5-7)17(15,16)10-9(11)13(3)6-12-10/h6-8H,4-5H2,1-3H3. The monoisotopic (exact) mass is 277 g/mol. The van der Waals surface area contributed by atoms with E-state index in [2.05, 4.69) is 4.98 Å². The molecule has 1 aromatic heterocycles. The second-order valence-corrected chi connectivity index (χ2v) is 6.88. The first-order valence-electron chi connectivity index (χ1n) is 5.52. The van der Waals surface area contributed by atoms with Crippen LogP contribution in [0.2, 0.25) is 5.15 Å². The second-order valence-electron chi connectivity index (χ2n) is 4.72. The van der Waals surface area contributed by atoms with E-state index in [9.17, 15) is 8.42 Å². The number of halogens is 1. The Bertz CT molecular complexity index is 526. The average Bonchev–Trinajstić information content (AvgIpc) is 2.72. The minimum atomic E-state index is -3.56. The lowest BCUT2D eigenvalue weighted by Crippen LogP contribution is -2.34. The summed E-state index contributed by atoms with van der Waals surface area (Å²) in [5.41, 5.74) is 0. The molecule has 0 saturated carbocycles. The molecule has 1 aromatic rings. The summed E-state index contributed by atoms with van der Waals surface area (Å²) in [6.07, 6.45) is 2.29. The Balaban J connectivity index is 2.41. The Morgan fingerprint density at radius 2 is 2.12 bits per heavy atom. The highest BCUT2D eigenvalue weighted by atomic mass is 35.5. The molecule has 0 amide bonds. The first-order chi connectivity index (χ1) is 7.84. The molecule has 2 rings (SSSR count). The number of nitrogens with zero attached hydrogens (tertiary/aromatic N) is 3. The third kappa shape index (κ3) is 2.09. The molecule has 1 saturated heterocycles. The van der Waals surface area contributed by atoms with Crippen molar-refractivity contribution in [3.05, 3.63) is 11.5 Å². The van der Waals surface area contributed by atoms with E-state index in [4.69, 9.17) is 11.6 Å². The number of aromatic nitrogens is 2. The van der Waals surface area contributed by atoms with Crippen molar-refractivity contribution in [2.45, 2.75) is 31.3 Å². The van der Waals surface area contributed by atoms with Gasteiger partial charge in [-0.1, -0.05) is 18.5 Å². The van der Waals surface area contributed by atoms with Crippen LogP contribution in [0.25, 0.3) is 0 Å². The first-order valence-corrected chi connectivity index (χ1v) is 7.34. The zero-order chi connectivity index (χ0) is 12.8. The van der Waals surface area contributed by atoms with E-state index in [1.165, 1.54) is 15.2 Å². The Kier molecular flexibility index (Phi) is 3.22. The fraction of sp³-hybridized carbons (Fsp3) is 0.700. The average molecular weight is 278 g/mol. The maximum Gasteiger partial charge on any atom is 0.263 e. The molecule has 7 heteroatoms. The van der Waals surface area contributed by atoms with Crippen LogP contribution in [0, 0.1) is 5.92 Å². The van der Waals surface area contributed by atoms with Crippen LogP contribution in [-0.2, 0) is 17.1 Å². The van der Waals surface area contributed by atoms with Gasteiger partial charge in [-0.05, 0) is 19.3 Å². The van der Waals surface area contributed by atoms with E-state index < -0.39 is 10.0 Å². The smallest absolute Gasteiger partial charge is 0.263 e. The minimum absolute atomic E-state index is 0.00747. The molecule has 0 aliphatic carbocycles. The van der Waals surface area contributed by atoms with Crippen molar-refractivity contribution in [3.63, 3.8) is 0 Å². The van der Waals surface area contributed by atoms with Crippen molar-refractivity contribution < 1.29 is 8.42 Å². The summed E-state index contributed by atoms with van der Waals surface area (Å²) >= 11 is 5.95. The second kappa shape index (κ2) is 4.26. The van der Waals surface area contributed by atoms with E-state index in [0.717, 1.165) is 6.42 Å². The van der Waals surface area contributed by atoms with Crippen LogP contribution in [0.1, 0.15) is 20.3 Å². The fourth-order valence-corrected chi connectivity index (χ4v) is 4.43. The molecule has 2 unspecified atom stereocenters. The van der Waals surface area contributed by atoms with Crippen molar-refractivity contribution in [3.8, 4) is 0 Å². The van der Waals surface area contributed by atoms with E-state index >= 15 is 0 Å². The van der Waals surface area contributed by atoms with E-state index in [1.807, 2.05) is 13.8 Å². The normalized spacial score (nSPS) is 26.6. The number of sulfonamides is 1. The largest absolute Gasteiger partial charge is 0.324 e. The van der Waals surface area contributed by atoms with Crippen LogP contribution in [0.15, 0.2) is 11.4 Å². The number of hydrogen-bond donors (Lipinski definition) is 0. The molecule has 96 valence electrons. The zero-order valence-corrected chi connectivity index (χ0v) is 11.7. The fourth-order valence-electron chi connectivity index (χ4n) is 2.27. The van der Waals surface area contributed by atoms with Gasteiger partial charge in [0.05, 0.1) is 6.33 Å². The summed E-state index contributed by atoms with van der Waals surface area (Å²) in [6.45, 7) is 4.50. The van der Waals surface area contributed by atoms with Gasteiger partial charge in [0.1, 0.15) is 5.15 Å². The van der Waals surface area contributed by atoms with Gasteiger partial charge in [-0.15, -0.1) is 0 Å². The lowest BCUT2D eigenvalue weighted by Gasteiger charge is -2.19. The lowest BCUT2D eigenvalue weighted by molar-refractivity contribution is 0.404. The summed E-state index contributed by atoms with van der Waals surface area (Å²) in [4.78, 5) is 3.89. The molecular formula is C10H16ClN3O2S. The van der Waals surface area contributed by atoms with Crippen LogP contribution in [0.3, 0.4) is 0 Å². The number of hydrogen-bond acceptors (Lipinski definition) is 3. The maximum absolute atomic E-state index is 12.4. The topological polar surface area (TPSA) is 55.2 Å². The summed E-state index contributed by atoms with van der Waals surface area (Å²) < 4.78 is 27.8. The highest BCUT2D eigenvalue weighted by Gasteiger charge is 2.38. The van der Waals surface area contributed by atoms with Crippen LogP contribution < -0.4 is 0 Å². The molecule has 0 aromatic carbocycles. The number of imidazole rings is 1. The summed E-state index contributed by atoms with van der Waals surface area (Å²) in [7, 11) is -1.89. The van der Waals surface area contributed by atoms with E-state index in [1.54, 1.807) is 7.05 Å². The predicted molar refractivity (Wildman–Crippen MR) is 65.4 cm³/mol. The van der Waals surface area contributed by atoms with Gasteiger partial charge in [0.2, 0.25) is 5.03 Å². The molecular weight excluding hydrogens is 262 g/mol. The van der Waals surface area contributed by atoms with Crippen molar-refractivity contribution in [2.75, 3.05) is 6.54 Å². The molecule has 1 aliphatic rings. The van der Waals surface area contributed by atoms with Crippen LogP contribution >= 0.6 is 11.6 Å². The lowest BCUT2D eigenvalue weighted by atomic mass is 10.1. The molecule has 2 heterocycles. The molecule has 0 radical (unpaired) electrons. The summed E-state index contributed by atoms with van der Waals surface area (Å²) in [5, 5.41) is 0.124.